The van der Waals surface area contributed by atoms with Gasteiger partial charge in [0.1, 0.15) is 5.82 Å². The minimum atomic E-state index is -3.34. The van der Waals surface area contributed by atoms with Crippen LogP contribution >= 0.6 is 0 Å². The highest BCUT2D eigenvalue weighted by molar-refractivity contribution is 7.88. The number of aryl methyl sites for hydroxylation is 2. The Morgan fingerprint density at radius 3 is 2.52 bits per heavy atom. The summed E-state index contributed by atoms with van der Waals surface area (Å²) < 4.78 is 25.7. The van der Waals surface area contributed by atoms with Gasteiger partial charge in [-0.1, -0.05) is 24.3 Å². The molecule has 0 saturated carbocycles. The summed E-state index contributed by atoms with van der Waals surface area (Å²) in [6.07, 6.45) is 5.71. The minimum absolute atomic E-state index is 0.122. The van der Waals surface area contributed by atoms with Crippen molar-refractivity contribution in [2.24, 2.45) is 5.73 Å². The number of aromatic nitrogens is 2. The van der Waals surface area contributed by atoms with Crippen LogP contribution in [0.25, 0.3) is 11.3 Å². The lowest BCUT2D eigenvalue weighted by molar-refractivity contribution is 0.403. The highest BCUT2D eigenvalue weighted by Gasteiger charge is 2.16. The van der Waals surface area contributed by atoms with Crippen LogP contribution in [0.5, 0.6) is 11.5 Å². The molecule has 0 spiro atoms. The molecule has 0 fully saturated rings. The maximum atomic E-state index is 12.1. The van der Waals surface area contributed by atoms with E-state index in [-0.39, 0.29) is 18.0 Å². The van der Waals surface area contributed by atoms with Crippen LogP contribution in [0.1, 0.15) is 29.8 Å². The summed E-state index contributed by atoms with van der Waals surface area (Å²) in [7, 11) is -3.34. The van der Waals surface area contributed by atoms with Gasteiger partial charge in [0.05, 0.1) is 11.9 Å². The van der Waals surface area contributed by atoms with Gasteiger partial charge in [-0.05, 0) is 61.2 Å². The lowest BCUT2D eigenvalue weighted by Crippen LogP contribution is -2.31. The molecule has 3 rings (SSSR count). The van der Waals surface area contributed by atoms with Crippen molar-refractivity contribution in [3.63, 3.8) is 0 Å². The number of hydrogen-bond acceptors (Lipinski definition) is 7. The fourth-order valence-electron chi connectivity index (χ4n) is 3.52. The maximum Gasteiger partial charge on any atom is 0.211 e. The first-order valence-electron chi connectivity index (χ1n) is 10.8. The fourth-order valence-corrected chi connectivity index (χ4v) is 4.36. The van der Waals surface area contributed by atoms with Crippen LogP contribution in [0, 0.1) is 0 Å². The zero-order valence-electron chi connectivity index (χ0n) is 18.7. The standard InChI is InChI=1S/C24H30N4O4S/c1-33(31,32)28(14-4-12-25)17-19-6-2-7-20(15-19)21-11-13-26-24(27-21)8-3-5-18-9-10-22(29)23(30)16-18/h2,6-7,9-11,13,15-16,29-30H,3-5,8,12,14,17,25H2,1H3. The molecule has 176 valence electrons. The Labute approximate surface area is 194 Å². The molecule has 0 saturated heterocycles. The minimum Gasteiger partial charge on any atom is -0.504 e. The number of hydrogen-bond donors (Lipinski definition) is 3. The molecule has 0 radical (unpaired) electrons. The van der Waals surface area contributed by atoms with Crippen molar-refractivity contribution in [2.75, 3.05) is 19.3 Å². The van der Waals surface area contributed by atoms with Crippen LogP contribution in [-0.4, -0.2) is 52.2 Å². The predicted octanol–water partition coefficient (Wildman–Crippen LogP) is 2.84. The topological polar surface area (TPSA) is 130 Å². The second-order valence-electron chi connectivity index (χ2n) is 7.97. The van der Waals surface area contributed by atoms with E-state index >= 15 is 0 Å². The van der Waals surface area contributed by atoms with E-state index in [1.165, 1.54) is 16.6 Å². The molecule has 0 aliphatic heterocycles. The number of aromatic hydroxyl groups is 2. The summed E-state index contributed by atoms with van der Waals surface area (Å²) in [4.78, 5) is 9.04. The lowest BCUT2D eigenvalue weighted by atomic mass is 10.1. The van der Waals surface area contributed by atoms with E-state index < -0.39 is 10.0 Å². The van der Waals surface area contributed by atoms with Crippen LogP contribution in [0.4, 0.5) is 0 Å². The molecule has 0 atom stereocenters. The number of benzene rings is 2. The molecule has 0 aliphatic rings. The molecular weight excluding hydrogens is 440 g/mol. The summed E-state index contributed by atoms with van der Waals surface area (Å²) >= 11 is 0. The van der Waals surface area contributed by atoms with E-state index in [0.29, 0.717) is 31.8 Å². The van der Waals surface area contributed by atoms with Crippen molar-refractivity contribution in [1.29, 1.82) is 0 Å². The van der Waals surface area contributed by atoms with Gasteiger partial charge in [-0.3, -0.25) is 0 Å². The van der Waals surface area contributed by atoms with Crippen molar-refractivity contribution >= 4 is 10.0 Å². The number of nitrogens with two attached hydrogens (primary N) is 1. The highest BCUT2D eigenvalue weighted by Crippen LogP contribution is 2.25. The van der Waals surface area contributed by atoms with E-state index in [4.69, 9.17) is 5.73 Å². The van der Waals surface area contributed by atoms with Gasteiger partial charge in [0.15, 0.2) is 11.5 Å². The second-order valence-corrected chi connectivity index (χ2v) is 9.96. The summed E-state index contributed by atoms with van der Waals surface area (Å²) in [5.74, 6) is 0.459. The van der Waals surface area contributed by atoms with E-state index in [0.717, 1.165) is 35.2 Å². The van der Waals surface area contributed by atoms with Crippen molar-refractivity contribution in [3.8, 4) is 22.8 Å². The van der Waals surface area contributed by atoms with Crippen LogP contribution in [0.3, 0.4) is 0 Å². The number of rotatable bonds is 11. The third kappa shape index (κ3) is 7.24. The van der Waals surface area contributed by atoms with E-state index in [9.17, 15) is 18.6 Å². The summed E-state index contributed by atoms with van der Waals surface area (Å²) in [5, 5.41) is 19.1. The van der Waals surface area contributed by atoms with Crippen molar-refractivity contribution in [3.05, 3.63) is 71.7 Å². The molecule has 0 bridgehead atoms. The molecule has 8 nitrogen and oxygen atoms in total. The van der Waals surface area contributed by atoms with E-state index in [2.05, 4.69) is 9.97 Å². The molecule has 3 aromatic rings. The van der Waals surface area contributed by atoms with Gasteiger partial charge in [-0.25, -0.2) is 18.4 Å². The van der Waals surface area contributed by atoms with E-state index in [1.807, 2.05) is 30.3 Å². The molecule has 0 unspecified atom stereocenters. The van der Waals surface area contributed by atoms with Crippen molar-refractivity contribution in [1.82, 2.24) is 14.3 Å². The van der Waals surface area contributed by atoms with Gasteiger partial charge in [0.25, 0.3) is 0 Å². The molecule has 9 heteroatoms. The van der Waals surface area contributed by atoms with Crippen LogP contribution in [-0.2, 0) is 29.4 Å². The Morgan fingerprint density at radius 1 is 0.970 bits per heavy atom. The lowest BCUT2D eigenvalue weighted by Gasteiger charge is -2.20. The Morgan fingerprint density at radius 2 is 1.79 bits per heavy atom. The molecular formula is C24H30N4O4S. The Bertz CT molecular complexity index is 1180. The fraction of sp³-hybridized carbons (Fsp3) is 0.333. The molecule has 0 aliphatic carbocycles. The first-order chi connectivity index (χ1) is 15.8. The Kier molecular flexibility index (Phi) is 8.37. The zero-order chi connectivity index (χ0) is 23.8. The van der Waals surface area contributed by atoms with Crippen molar-refractivity contribution < 1.29 is 18.6 Å². The second kappa shape index (κ2) is 11.2. The summed E-state index contributed by atoms with van der Waals surface area (Å²) in [6.45, 7) is 1.10. The molecule has 1 aromatic heterocycles. The van der Waals surface area contributed by atoms with Gasteiger partial charge in [0, 0.05) is 31.3 Å². The van der Waals surface area contributed by atoms with Gasteiger partial charge in [-0.2, -0.15) is 4.31 Å². The number of phenols is 2. The number of nitrogens with zero attached hydrogens (tertiary/aromatic N) is 3. The van der Waals surface area contributed by atoms with Crippen molar-refractivity contribution in [2.45, 2.75) is 32.2 Å². The van der Waals surface area contributed by atoms with Crippen LogP contribution < -0.4 is 5.73 Å². The van der Waals surface area contributed by atoms with Crippen LogP contribution in [0.15, 0.2) is 54.7 Å². The largest absolute Gasteiger partial charge is 0.504 e. The summed E-state index contributed by atoms with van der Waals surface area (Å²) in [5.41, 5.74) is 9.03. The van der Waals surface area contributed by atoms with Crippen LogP contribution in [0.2, 0.25) is 0 Å². The Hall–Kier alpha value is -3.01. The van der Waals surface area contributed by atoms with Gasteiger partial charge >= 0.3 is 0 Å². The SMILES string of the molecule is CS(=O)(=O)N(CCCN)Cc1cccc(-c2ccnc(CCCc3ccc(O)c(O)c3)n2)c1. The average molecular weight is 471 g/mol. The molecule has 33 heavy (non-hydrogen) atoms. The molecule has 0 amide bonds. The quantitative estimate of drug-likeness (QED) is 0.367. The smallest absolute Gasteiger partial charge is 0.211 e. The highest BCUT2D eigenvalue weighted by atomic mass is 32.2. The number of phenolic OH excluding ortho intramolecular Hbond substituents is 2. The Balaban J connectivity index is 1.68. The van der Waals surface area contributed by atoms with Gasteiger partial charge < -0.3 is 15.9 Å². The van der Waals surface area contributed by atoms with Gasteiger partial charge in [-0.15, -0.1) is 0 Å². The molecule has 4 N–H and O–H groups in total. The zero-order valence-corrected chi connectivity index (χ0v) is 19.5. The third-order valence-corrected chi connectivity index (χ3v) is 6.52. The summed E-state index contributed by atoms with van der Waals surface area (Å²) in [6, 6.07) is 14.4. The average Bonchev–Trinajstić information content (AvgIpc) is 2.79. The maximum absolute atomic E-state index is 12.1. The number of sulfonamides is 1. The normalized spacial score (nSPS) is 11.7. The first kappa shape index (κ1) is 24.6. The third-order valence-electron chi connectivity index (χ3n) is 5.27. The van der Waals surface area contributed by atoms with E-state index in [1.54, 1.807) is 18.3 Å². The predicted molar refractivity (Wildman–Crippen MR) is 128 cm³/mol. The first-order valence-corrected chi connectivity index (χ1v) is 12.7. The molecule has 1 heterocycles. The monoisotopic (exact) mass is 470 g/mol. The molecule has 2 aromatic carbocycles. The van der Waals surface area contributed by atoms with Gasteiger partial charge in [0.2, 0.25) is 10.0 Å².